The molecule has 158 valence electrons. The van der Waals surface area contributed by atoms with Gasteiger partial charge >= 0.3 is 0 Å². The van der Waals surface area contributed by atoms with Crippen LogP contribution in [0.4, 0.5) is 0 Å². The van der Waals surface area contributed by atoms with E-state index >= 15 is 0 Å². The van der Waals surface area contributed by atoms with Gasteiger partial charge in [0.15, 0.2) is 0 Å². The maximum absolute atomic E-state index is 12.7. The van der Waals surface area contributed by atoms with Crippen molar-refractivity contribution in [1.29, 1.82) is 0 Å². The largest absolute Gasteiger partial charge is 0.341 e. The lowest BCUT2D eigenvalue weighted by atomic mass is 9.92. The lowest BCUT2D eigenvalue weighted by molar-refractivity contribution is -0.135. The van der Waals surface area contributed by atoms with Crippen LogP contribution in [0.3, 0.4) is 0 Å². The van der Waals surface area contributed by atoms with E-state index in [0.717, 1.165) is 56.5 Å². The molecule has 0 N–H and O–H groups in total. The SMILES string of the molecule is Cc1cc(=O)n2nc(CN3CCN(CC(=O)N4CC(C)CC(C)C4)CC3)sc2n1. The van der Waals surface area contributed by atoms with E-state index in [4.69, 9.17) is 0 Å². The van der Waals surface area contributed by atoms with E-state index in [9.17, 15) is 9.59 Å². The zero-order valence-corrected chi connectivity index (χ0v) is 18.3. The summed E-state index contributed by atoms with van der Waals surface area (Å²) in [7, 11) is 0. The Hall–Kier alpha value is -1.84. The molecule has 2 aromatic rings. The molecule has 2 fully saturated rings. The molecule has 0 aromatic carbocycles. The molecular formula is C20H30N6O2S. The van der Waals surface area contributed by atoms with Crippen LogP contribution in [-0.2, 0) is 11.3 Å². The maximum atomic E-state index is 12.7. The summed E-state index contributed by atoms with van der Waals surface area (Å²) in [6.45, 7) is 12.9. The number of carbonyl (C=O) groups excluding carboxylic acids is 1. The summed E-state index contributed by atoms with van der Waals surface area (Å²) >= 11 is 1.47. The van der Waals surface area contributed by atoms with Crippen molar-refractivity contribution in [3.63, 3.8) is 0 Å². The first-order valence-electron chi connectivity index (χ1n) is 10.5. The van der Waals surface area contributed by atoms with Crippen molar-refractivity contribution in [2.24, 2.45) is 11.8 Å². The molecule has 9 heteroatoms. The second kappa shape index (κ2) is 8.49. The number of amides is 1. The van der Waals surface area contributed by atoms with E-state index in [1.165, 1.54) is 28.3 Å². The van der Waals surface area contributed by atoms with E-state index in [-0.39, 0.29) is 11.5 Å². The number of aryl methyl sites for hydroxylation is 1. The van der Waals surface area contributed by atoms with Gasteiger partial charge in [-0.25, -0.2) is 4.98 Å². The monoisotopic (exact) mass is 418 g/mol. The van der Waals surface area contributed by atoms with Crippen molar-refractivity contribution in [2.75, 3.05) is 45.8 Å². The molecule has 0 saturated carbocycles. The number of likely N-dealkylation sites (tertiary alicyclic amines) is 1. The van der Waals surface area contributed by atoms with Gasteiger partial charge in [-0.1, -0.05) is 25.2 Å². The van der Waals surface area contributed by atoms with E-state index in [1.54, 1.807) is 0 Å². The molecule has 2 aliphatic rings. The van der Waals surface area contributed by atoms with Crippen molar-refractivity contribution in [1.82, 2.24) is 29.3 Å². The third-order valence-electron chi connectivity index (χ3n) is 5.82. The number of hydrogen-bond acceptors (Lipinski definition) is 7. The minimum absolute atomic E-state index is 0.125. The topological polar surface area (TPSA) is 74.1 Å². The molecule has 4 heterocycles. The van der Waals surface area contributed by atoms with Gasteiger partial charge in [-0.2, -0.15) is 9.61 Å². The molecule has 29 heavy (non-hydrogen) atoms. The quantitative estimate of drug-likeness (QED) is 0.740. The lowest BCUT2D eigenvalue weighted by Gasteiger charge is -2.38. The summed E-state index contributed by atoms with van der Waals surface area (Å²) in [5.41, 5.74) is 0.598. The summed E-state index contributed by atoms with van der Waals surface area (Å²) in [5.74, 6) is 1.46. The summed E-state index contributed by atoms with van der Waals surface area (Å²) in [6, 6.07) is 1.51. The Bertz CT molecular complexity index is 923. The van der Waals surface area contributed by atoms with Crippen LogP contribution < -0.4 is 5.56 Å². The minimum atomic E-state index is -0.125. The second-order valence-electron chi connectivity index (χ2n) is 8.72. The zero-order chi connectivity index (χ0) is 20.5. The first-order valence-corrected chi connectivity index (χ1v) is 11.3. The smallest absolute Gasteiger partial charge is 0.275 e. The van der Waals surface area contributed by atoms with Crippen LogP contribution in [0.25, 0.3) is 4.96 Å². The van der Waals surface area contributed by atoms with Crippen molar-refractivity contribution in [2.45, 2.75) is 33.7 Å². The van der Waals surface area contributed by atoms with Gasteiger partial charge in [0.2, 0.25) is 10.9 Å². The van der Waals surface area contributed by atoms with Gasteiger partial charge < -0.3 is 4.90 Å². The third kappa shape index (κ3) is 4.84. The molecule has 8 nitrogen and oxygen atoms in total. The third-order valence-corrected chi connectivity index (χ3v) is 6.71. The number of rotatable bonds is 4. The number of hydrogen-bond donors (Lipinski definition) is 0. The summed E-state index contributed by atoms with van der Waals surface area (Å²) in [6.07, 6.45) is 1.22. The highest BCUT2D eigenvalue weighted by molar-refractivity contribution is 7.16. The molecule has 2 aromatic heterocycles. The molecule has 2 aliphatic heterocycles. The molecule has 2 saturated heterocycles. The number of carbonyl (C=O) groups is 1. The lowest BCUT2D eigenvalue weighted by Crippen LogP contribution is -2.51. The molecule has 2 unspecified atom stereocenters. The summed E-state index contributed by atoms with van der Waals surface area (Å²) < 4.78 is 1.39. The maximum Gasteiger partial charge on any atom is 0.275 e. The Kier molecular flexibility index (Phi) is 5.98. The Morgan fingerprint density at radius 1 is 1.14 bits per heavy atom. The fourth-order valence-corrected chi connectivity index (χ4v) is 5.47. The highest BCUT2D eigenvalue weighted by atomic mass is 32.1. The van der Waals surface area contributed by atoms with E-state index in [2.05, 4.69) is 38.6 Å². The molecule has 2 atom stereocenters. The average Bonchev–Trinajstić information content (AvgIpc) is 3.05. The number of aromatic nitrogens is 3. The van der Waals surface area contributed by atoms with Crippen LogP contribution in [0, 0.1) is 18.8 Å². The van der Waals surface area contributed by atoms with Gasteiger partial charge in [-0.3, -0.25) is 19.4 Å². The molecular weight excluding hydrogens is 388 g/mol. The van der Waals surface area contributed by atoms with E-state index in [0.29, 0.717) is 23.3 Å². The molecule has 4 rings (SSSR count). The van der Waals surface area contributed by atoms with Gasteiger partial charge in [0.1, 0.15) is 5.01 Å². The van der Waals surface area contributed by atoms with Gasteiger partial charge in [-0.15, -0.1) is 0 Å². The molecule has 0 bridgehead atoms. The van der Waals surface area contributed by atoms with Crippen LogP contribution in [0.5, 0.6) is 0 Å². The molecule has 0 radical (unpaired) electrons. The van der Waals surface area contributed by atoms with Gasteiger partial charge in [0.25, 0.3) is 5.56 Å². The van der Waals surface area contributed by atoms with Crippen molar-refractivity contribution in [3.05, 3.63) is 27.1 Å². The first-order chi connectivity index (χ1) is 13.9. The van der Waals surface area contributed by atoms with Crippen molar-refractivity contribution >= 4 is 22.2 Å². The highest BCUT2D eigenvalue weighted by Crippen LogP contribution is 2.21. The Labute approximate surface area is 175 Å². The Balaban J connectivity index is 1.29. The Morgan fingerprint density at radius 3 is 2.48 bits per heavy atom. The number of fused-ring (bicyclic) bond motifs is 1. The first kappa shape index (κ1) is 20.4. The fraction of sp³-hybridized carbons (Fsp3) is 0.700. The van der Waals surface area contributed by atoms with Crippen LogP contribution >= 0.6 is 11.3 Å². The summed E-state index contributed by atoms with van der Waals surface area (Å²) in [5, 5.41) is 5.34. The van der Waals surface area contributed by atoms with Gasteiger partial charge in [0.05, 0.1) is 13.1 Å². The van der Waals surface area contributed by atoms with Crippen LogP contribution in [0.1, 0.15) is 31.0 Å². The average molecular weight is 419 g/mol. The molecule has 0 spiro atoms. The van der Waals surface area contributed by atoms with E-state index in [1.807, 2.05) is 6.92 Å². The Morgan fingerprint density at radius 2 is 1.79 bits per heavy atom. The second-order valence-corrected chi connectivity index (χ2v) is 9.76. The zero-order valence-electron chi connectivity index (χ0n) is 17.5. The normalized spacial score (nSPS) is 24.3. The predicted molar refractivity (Wildman–Crippen MR) is 113 cm³/mol. The fourth-order valence-electron chi connectivity index (χ4n) is 4.48. The highest BCUT2D eigenvalue weighted by Gasteiger charge is 2.27. The van der Waals surface area contributed by atoms with E-state index < -0.39 is 0 Å². The van der Waals surface area contributed by atoms with Crippen molar-refractivity contribution < 1.29 is 4.79 Å². The number of piperazine rings is 1. The minimum Gasteiger partial charge on any atom is -0.341 e. The number of piperidine rings is 1. The van der Waals surface area contributed by atoms with Gasteiger partial charge in [0, 0.05) is 51.0 Å². The predicted octanol–water partition coefficient (Wildman–Crippen LogP) is 1.08. The molecule has 1 amide bonds. The number of nitrogens with zero attached hydrogens (tertiary/aromatic N) is 6. The standard InChI is InChI=1S/C20H30N6O2S/c1-14-8-15(2)11-25(10-14)19(28)13-24-6-4-23(5-7-24)12-17-22-26-18(27)9-16(3)21-20(26)29-17/h9,14-15H,4-8,10-13H2,1-3H3. The van der Waals surface area contributed by atoms with Crippen LogP contribution in [-0.4, -0.2) is 81.0 Å². The van der Waals surface area contributed by atoms with Crippen molar-refractivity contribution in [3.8, 4) is 0 Å². The van der Waals surface area contributed by atoms with Crippen LogP contribution in [0.2, 0.25) is 0 Å². The van der Waals surface area contributed by atoms with Gasteiger partial charge in [-0.05, 0) is 25.2 Å². The summed E-state index contributed by atoms with van der Waals surface area (Å²) in [4.78, 5) is 36.4. The van der Waals surface area contributed by atoms with Crippen LogP contribution in [0.15, 0.2) is 10.9 Å². The molecule has 0 aliphatic carbocycles.